The topological polar surface area (TPSA) is 82.9 Å². The summed E-state index contributed by atoms with van der Waals surface area (Å²) in [6.07, 6.45) is 2.92. The van der Waals surface area contributed by atoms with Crippen LogP contribution in [0.2, 0.25) is 0 Å². The lowest BCUT2D eigenvalue weighted by molar-refractivity contribution is 0.0969. The molecule has 0 bridgehead atoms. The lowest BCUT2D eigenvalue weighted by Gasteiger charge is -2.27. The van der Waals surface area contributed by atoms with Crippen molar-refractivity contribution < 1.29 is 9.59 Å². The number of amidine groups is 1. The van der Waals surface area contributed by atoms with Crippen LogP contribution in [0.1, 0.15) is 65.0 Å². The maximum atomic E-state index is 12.8. The molecule has 6 nitrogen and oxygen atoms in total. The number of hydrogen-bond donors (Lipinski definition) is 2. The van der Waals surface area contributed by atoms with Crippen LogP contribution in [0.4, 0.5) is 0 Å². The van der Waals surface area contributed by atoms with E-state index in [1.165, 1.54) is 0 Å². The largest absolute Gasteiger partial charge is 0.310 e. The fourth-order valence-corrected chi connectivity index (χ4v) is 3.56. The van der Waals surface area contributed by atoms with Crippen LogP contribution in [0, 0.1) is 19.8 Å². The number of aryl methyl sites for hydroxylation is 2. The number of unbranched alkanes of at least 4 members (excludes halogenated alkanes) is 1. The average molecular weight is 419 g/mol. The number of aliphatic imine (C=N–C) groups is 2. The molecule has 1 aliphatic heterocycles. The van der Waals surface area contributed by atoms with Gasteiger partial charge in [0.25, 0.3) is 11.8 Å². The van der Waals surface area contributed by atoms with E-state index in [0.717, 1.165) is 30.4 Å². The zero-order chi connectivity index (χ0) is 22.4. The first-order valence-electron chi connectivity index (χ1n) is 10.8. The van der Waals surface area contributed by atoms with E-state index < -0.39 is 0 Å². The molecule has 0 radical (unpaired) electrons. The standard InChI is InChI=1S/C25H30N4O2/c1-5-6-13-21-18(4)22(27-23(30)19-11-7-9-16(2)14-19)28-25(26-21)29-24(31)20-12-8-10-17(3)15-20/h7-12,14-15,18,21H,5-6,13H2,1-4H3,(H2,26,27,28,29,30,31). The van der Waals surface area contributed by atoms with Crippen LogP contribution in [0.25, 0.3) is 0 Å². The molecular weight excluding hydrogens is 388 g/mol. The van der Waals surface area contributed by atoms with Gasteiger partial charge in [-0.25, -0.2) is 4.99 Å². The highest BCUT2D eigenvalue weighted by molar-refractivity contribution is 6.14. The maximum absolute atomic E-state index is 12.8. The van der Waals surface area contributed by atoms with E-state index in [2.05, 4.69) is 27.5 Å². The molecule has 0 saturated carbocycles. The molecule has 1 heterocycles. The van der Waals surface area contributed by atoms with Gasteiger partial charge in [-0.15, -0.1) is 0 Å². The Morgan fingerprint density at radius 1 is 0.935 bits per heavy atom. The Morgan fingerprint density at radius 3 is 2.06 bits per heavy atom. The summed E-state index contributed by atoms with van der Waals surface area (Å²) < 4.78 is 0. The third-order valence-electron chi connectivity index (χ3n) is 5.40. The Morgan fingerprint density at radius 2 is 1.52 bits per heavy atom. The van der Waals surface area contributed by atoms with Crippen molar-refractivity contribution in [1.82, 2.24) is 10.6 Å². The Bertz CT molecular complexity index is 1030. The van der Waals surface area contributed by atoms with E-state index in [1.807, 2.05) is 57.2 Å². The summed E-state index contributed by atoms with van der Waals surface area (Å²) >= 11 is 0. The number of nitrogens with one attached hydrogen (secondary N) is 2. The van der Waals surface area contributed by atoms with Crippen LogP contribution in [0.3, 0.4) is 0 Å². The second kappa shape index (κ2) is 10.2. The van der Waals surface area contributed by atoms with Crippen LogP contribution in [0.15, 0.2) is 58.5 Å². The number of carbonyl (C=O) groups excluding carboxylic acids is 2. The maximum Gasteiger partial charge on any atom is 0.258 e. The second-order valence-corrected chi connectivity index (χ2v) is 8.10. The summed E-state index contributed by atoms with van der Waals surface area (Å²) in [5.74, 6) is 0.237. The second-order valence-electron chi connectivity index (χ2n) is 8.10. The number of hydrogen-bond acceptors (Lipinski definition) is 4. The van der Waals surface area contributed by atoms with Crippen molar-refractivity contribution in [2.75, 3.05) is 0 Å². The minimum atomic E-state index is -0.264. The number of guanidine groups is 1. The Hall–Kier alpha value is -3.28. The number of nitrogens with zero attached hydrogens (tertiary/aromatic N) is 2. The predicted molar refractivity (Wildman–Crippen MR) is 125 cm³/mol. The average Bonchev–Trinajstić information content (AvgIpc) is 2.74. The highest BCUT2D eigenvalue weighted by Gasteiger charge is 2.28. The quantitative estimate of drug-likeness (QED) is 0.753. The van der Waals surface area contributed by atoms with E-state index in [4.69, 9.17) is 0 Å². The van der Waals surface area contributed by atoms with Gasteiger partial charge in [-0.2, -0.15) is 4.99 Å². The first-order valence-corrected chi connectivity index (χ1v) is 10.8. The zero-order valence-corrected chi connectivity index (χ0v) is 18.6. The van der Waals surface area contributed by atoms with Gasteiger partial charge in [-0.1, -0.05) is 62.1 Å². The van der Waals surface area contributed by atoms with E-state index >= 15 is 0 Å². The number of carbonyl (C=O) groups is 2. The van der Waals surface area contributed by atoms with Gasteiger partial charge in [-0.3, -0.25) is 14.9 Å². The van der Waals surface area contributed by atoms with Gasteiger partial charge in [0.1, 0.15) is 5.84 Å². The van der Waals surface area contributed by atoms with Gasteiger partial charge in [0, 0.05) is 17.0 Å². The van der Waals surface area contributed by atoms with Gasteiger partial charge in [0.05, 0.1) is 6.04 Å². The lowest BCUT2D eigenvalue weighted by Crippen LogP contribution is -2.45. The molecule has 3 rings (SSSR count). The van der Waals surface area contributed by atoms with Crippen molar-refractivity contribution in [2.24, 2.45) is 15.9 Å². The fraction of sp³-hybridized carbons (Fsp3) is 0.360. The van der Waals surface area contributed by atoms with Crippen LogP contribution in [0.5, 0.6) is 0 Å². The summed E-state index contributed by atoms with van der Waals surface area (Å²) in [7, 11) is 0. The van der Waals surface area contributed by atoms with Gasteiger partial charge in [0.15, 0.2) is 0 Å². The summed E-state index contributed by atoms with van der Waals surface area (Å²) in [5.41, 5.74) is 3.14. The van der Waals surface area contributed by atoms with E-state index in [1.54, 1.807) is 12.1 Å². The number of amides is 2. The van der Waals surface area contributed by atoms with Crippen molar-refractivity contribution >= 4 is 23.6 Å². The molecule has 2 amide bonds. The molecule has 2 atom stereocenters. The van der Waals surface area contributed by atoms with Gasteiger partial charge >= 0.3 is 0 Å². The molecule has 0 saturated heterocycles. The third kappa shape index (κ3) is 5.87. The Balaban J connectivity index is 1.82. The number of benzene rings is 2. The highest BCUT2D eigenvalue weighted by atomic mass is 16.2. The fourth-order valence-electron chi connectivity index (χ4n) is 3.56. The molecule has 1 aliphatic rings. The van der Waals surface area contributed by atoms with Crippen LogP contribution < -0.4 is 10.6 Å². The lowest BCUT2D eigenvalue weighted by atomic mass is 9.95. The molecule has 0 spiro atoms. The summed E-state index contributed by atoms with van der Waals surface area (Å²) in [4.78, 5) is 34.7. The van der Waals surface area contributed by atoms with Gasteiger partial charge in [0.2, 0.25) is 5.96 Å². The van der Waals surface area contributed by atoms with Crippen molar-refractivity contribution in [3.8, 4) is 0 Å². The molecule has 6 heteroatoms. The van der Waals surface area contributed by atoms with E-state index in [9.17, 15) is 9.59 Å². The molecule has 2 aromatic carbocycles. The molecule has 2 aromatic rings. The van der Waals surface area contributed by atoms with Crippen LogP contribution in [-0.4, -0.2) is 29.7 Å². The minimum absolute atomic E-state index is 0.0556. The van der Waals surface area contributed by atoms with Crippen molar-refractivity contribution in [1.29, 1.82) is 0 Å². The molecule has 2 N–H and O–H groups in total. The third-order valence-corrected chi connectivity index (χ3v) is 5.40. The molecular formula is C25H30N4O2. The van der Waals surface area contributed by atoms with Gasteiger partial charge < -0.3 is 5.32 Å². The molecule has 2 unspecified atom stereocenters. The van der Waals surface area contributed by atoms with Crippen LogP contribution in [-0.2, 0) is 0 Å². The van der Waals surface area contributed by atoms with E-state index in [0.29, 0.717) is 17.0 Å². The Kier molecular flexibility index (Phi) is 7.34. The number of rotatable bonds is 5. The van der Waals surface area contributed by atoms with Crippen molar-refractivity contribution in [3.63, 3.8) is 0 Å². The molecule has 162 valence electrons. The molecule has 31 heavy (non-hydrogen) atoms. The first kappa shape index (κ1) is 22.4. The van der Waals surface area contributed by atoms with Gasteiger partial charge in [-0.05, 0) is 44.5 Å². The minimum Gasteiger partial charge on any atom is -0.310 e. The monoisotopic (exact) mass is 418 g/mol. The van der Waals surface area contributed by atoms with E-state index in [-0.39, 0.29) is 29.7 Å². The molecule has 0 aliphatic carbocycles. The SMILES string of the molecule is CCCCC1N=C(NC(=O)c2cccc(C)c2)N=C(NC(=O)c2cccc(C)c2)C1C. The van der Waals surface area contributed by atoms with Crippen LogP contribution >= 0.6 is 0 Å². The highest BCUT2D eigenvalue weighted by Crippen LogP contribution is 2.20. The summed E-state index contributed by atoms with van der Waals surface area (Å²) in [6.45, 7) is 8.03. The smallest absolute Gasteiger partial charge is 0.258 e. The van der Waals surface area contributed by atoms with Crippen molar-refractivity contribution in [2.45, 2.75) is 53.0 Å². The Labute approximate surface area is 183 Å². The summed E-state index contributed by atoms with van der Waals surface area (Å²) in [5, 5.41) is 5.76. The molecule has 0 aromatic heterocycles. The summed E-state index contributed by atoms with van der Waals surface area (Å²) in [6, 6.07) is 14.7. The molecule has 0 fully saturated rings. The zero-order valence-electron chi connectivity index (χ0n) is 18.6. The first-order chi connectivity index (χ1) is 14.9. The van der Waals surface area contributed by atoms with Crippen molar-refractivity contribution in [3.05, 3.63) is 70.8 Å². The normalized spacial score (nSPS) is 18.1. The predicted octanol–water partition coefficient (Wildman–Crippen LogP) is 4.43.